The molecule has 0 atom stereocenters. The molecule has 1 aromatic carbocycles. The summed E-state index contributed by atoms with van der Waals surface area (Å²) in [6, 6.07) is 7.62. The zero-order chi connectivity index (χ0) is 16.9. The van der Waals surface area contributed by atoms with Gasteiger partial charge in [-0.25, -0.2) is 8.42 Å². The summed E-state index contributed by atoms with van der Waals surface area (Å²) in [5.74, 6) is 0.633. The maximum absolute atomic E-state index is 12.7. The number of carbonyl (C=O) groups is 1. The average molecular weight is 357 g/mol. The van der Waals surface area contributed by atoms with Crippen molar-refractivity contribution in [2.24, 2.45) is 0 Å². The Labute approximate surface area is 142 Å². The molecule has 7 heteroatoms. The second-order valence-electron chi connectivity index (χ2n) is 5.91. The van der Waals surface area contributed by atoms with Crippen LogP contribution >= 0.6 is 11.8 Å². The second-order valence-corrected chi connectivity index (χ2v) is 9.22. The van der Waals surface area contributed by atoms with Gasteiger partial charge in [-0.05, 0) is 62.1 Å². The Morgan fingerprint density at radius 1 is 1.26 bits per heavy atom. The van der Waals surface area contributed by atoms with Crippen molar-refractivity contribution in [3.8, 4) is 0 Å². The zero-order valence-corrected chi connectivity index (χ0v) is 15.2. The van der Waals surface area contributed by atoms with Gasteiger partial charge in [-0.1, -0.05) is 12.1 Å². The van der Waals surface area contributed by atoms with Gasteiger partial charge in [-0.2, -0.15) is 11.8 Å². The number of piperidine rings is 1. The quantitative estimate of drug-likeness (QED) is 0.811. The third kappa shape index (κ3) is 4.28. The largest absolute Gasteiger partial charge is 0.325 e. The predicted molar refractivity (Wildman–Crippen MR) is 96.8 cm³/mol. The highest BCUT2D eigenvalue weighted by Crippen LogP contribution is 2.29. The standard InChI is InChI=1S/C16H24N2O3S2/c1-22-12-7-13-3-5-14(6-4-13)18-15(19)16(23(2,20)21)8-10-17-11-9-16/h3-6,17H,7-12H2,1-2H3,(H,18,19). The molecule has 1 fully saturated rings. The van der Waals surface area contributed by atoms with Gasteiger partial charge in [0.1, 0.15) is 0 Å². The van der Waals surface area contributed by atoms with Crippen molar-refractivity contribution in [2.45, 2.75) is 24.0 Å². The lowest BCUT2D eigenvalue weighted by atomic mass is 9.95. The Morgan fingerprint density at radius 3 is 2.39 bits per heavy atom. The number of aryl methyl sites for hydroxylation is 1. The minimum absolute atomic E-state index is 0.309. The molecule has 1 heterocycles. The lowest BCUT2D eigenvalue weighted by Crippen LogP contribution is -2.55. The van der Waals surface area contributed by atoms with Gasteiger partial charge in [0.05, 0.1) is 0 Å². The van der Waals surface area contributed by atoms with Crippen LogP contribution < -0.4 is 10.6 Å². The first-order valence-electron chi connectivity index (χ1n) is 7.69. The first-order chi connectivity index (χ1) is 10.9. The molecule has 2 rings (SSSR count). The lowest BCUT2D eigenvalue weighted by molar-refractivity contribution is -0.119. The number of rotatable bonds is 6. The number of nitrogens with one attached hydrogen (secondary N) is 2. The molecule has 1 amide bonds. The van der Waals surface area contributed by atoms with E-state index in [0.29, 0.717) is 31.6 Å². The lowest BCUT2D eigenvalue weighted by Gasteiger charge is -2.34. The molecule has 1 aliphatic heterocycles. The van der Waals surface area contributed by atoms with E-state index in [4.69, 9.17) is 0 Å². The van der Waals surface area contributed by atoms with Crippen LogP contribution in [-0.4, -0.2) is 50.4 Å². The molecule has 0 saturated carbocycles. The molecule has 0 aromatic heterocycles. The van der Waals surface area contributed by atoms with Crippen LogP contribution in [0.2, 0.25) is 0 Å². The molecule has 5 nitrogen and oxygen atoms in total. The molecule has 0 spiro atoms. The fraction of sp³-hybridized carbons (Fsp3) is 0.562. The molecule has 0 unspecified atom stereocenters. The minimum Gasteiger partial charge on any atom is -0.325 e. The molecule has 0 radical (unpaired) electrons. The van der Waals surface area contributed by atoms with Crippen molar-refractivity contribution in [1.29, 1.82) is 0 Å². The molecule has 23 heavy (non-hydrogen) atoms. The first-order valence-corrected chi connectivity index (χ1v) is 11.0. The second kappa shape index (κ2) is 7.68. The maximum atomic E-state index is 12.7. The van der Waals surface area contributed by atoms with Crippen LogP contribution in [0.5, 0.6) is 0 Å². The van der Waals surface area contributed by atoms with Crippen LogP contribution in [0.3, 0.4) is 0 Å². The minimum atomic E-state index is -3.48. The Balaban J connectivity index is 2.13. The van der Waals surface area contributed by atoms with Crippen molar-refractivity contribution in [3.63, 3.8) is 0 Å². The van der Waals surface area contributed by atoms with Gasteiger partial charge in [-0.3, -0.25) is 4.79 Å². The van der Waals surface area contributed by atoms with Crippen LogP contribution in [0.1, 0.15) is 18.4 Å². The van der Waals surface area contributed by atoms with Gasteiger partial charge in [-0.15, -0.1) is 0 Å². The summed E-state index contributed by atoms with van der Waals surface area (Å²) >= 11 is 1.79. The van der Waals surface area contributed by atoms with Gasteiger partial charge >= 0.3 is 0 Å². The van der Waals surface area contributed by atoms with E-state index >= 15 is 0 Å². The van der Waals surface area contributed by atoms with Gasteiger partial charge < -0.3 is 10.6 Å². The SMILES string of the molecule is CSCCc1ccc(NC(=O)C2(S(C)(=O)=O)CCNCC2)cc1. The number of thioether (sulfide) groups is 1. The smallest absolute Gasteiger partial charge is 0.245 e. The van der Waals surface area contributed by atoms with Crippen molar-refractivity contribution in [3.05, 3.63) is 29.8 Å². The normalized spacial score (nSPS) is 17.7. The Hall–Kier alpha value is -1.05. The third-order valence-electron chi connectivity index (χ3n) is 4.34. The summed E-state index contributed by atoms with van der Waals surface area (Å²) in [5, 5.41) is 5.90. The van der Waals surface area contributed by atoms with E-state index in [1.165, 1.54) is 5.56 Å². The van der Waals surface area contributed by atoms with Crippen molar-refractivity contribution >= 4 is 33.2 Å². The number of hydrogen-bond acceptors (Lipinski definition) is 5. The summed E-state index contributed by atoms with van der Waals surface area (Å²) in [4.78, 5) is 12.7. The molecule has 1 saturated heterocycles. The van der Waals surface area contributed by atoms with E-state index in [9.17, 15) is 13.2 Å². The van der Waals surface area contributed by atoms with E-state index in [2.05, 4.69) is 16.9 Å². The van der Waals surface area contributed by atoms with Crippen LogP contribution in [-0.2, 0) is 21.1 Å². The maximum Gasteiger partial charge on any atom is 0.245 e. The molecule has 0 bridgehead atoms. The average Bonchev–Trinajstić information content (AvgIpc) is 2.54. The van der Waals surface area contributed by atoms with E-state index in [1.807, 2.05) is 24.3 Å². The molecule has 128 valence electrons. The highest BCUT2D eigenvalue weighted by Gasteiger charge is 2.48. The van der Waals surface area contributed by atoms with Gasteiger partial charge in [0.25, 0.3) is 0 Å². The number of benzene rings is 1. The van der Waals surface area contributed by atoms with Crippen LogP contribution in [0.4, 0.5) is 5.69 Å². The van der Waals surface area contributed by atoms with Gasteiger partial charge in [0, 0.05) is 11.9 Å². The number of sulfone groups is 1. The van der Waals surface area contributed by atoms with Crippen LogP contribution in [0.15, 0.2) is 24.3 Å². The summed E-state index contributed by atoms with van der Waals surface area (Å²) in [6.07, 6.45) is 4.82. The Kier molecular flexibility index (Phi) is 6.11. The van der Waals surface area contributed by atoms with Gasteiger partial charge in [0.15, 0.2) is 14.6 Å². The van der Waals surface area contributed by atoms with Crippen LogP contribution in [0, 0.1) is 0 Å². The van der Waals surface area contributed by atoms with Gasteiger partial charge in [0.2, 0.25) is 5.91 Å². The number of carbonyl (C=O) groups excluding carboxylic acids is 1. The fourth-order valence-corrected chi connectivity index (χ4v) is 4.59. The van der Waals surface area contributed by atoms with Crippen molar-refractivity contribution in [2.75, 3.05) is 36.7 Å². The molecule has 1 aliphatic rings. The van der Waals surface area contributed by atoms with E-state index in [1.54, 1.807) is 11.8 Å². The fourth-order valence-electron chi connectivity index (χ4n) is 2.82. The summed E-state index contributed by atoms with van der Waals surface area (Å²) in [5.41, 5.74) is 1.85. The summed E-state index contributed by atoms with van der Waals surface area (Å²) in [6.45, 7) is 1.07. The number of anilines is 1. The van der Waals surface area contributed by atoms with Crippen molar-refractivity contribution < 1.29 is 13.2 Å². The van der Waals surface area contributed by atoms with Crippen LogP contribution in [0.25, 0.3) is 0 Å². The molecule has 1 aromatic rings. The molecule has 0 aliphatic carbocycles. The number of amides is 1. The Bertz CT molecular complexity index is 636. The summed E-state index contributed by atoms with van der Waals surface area (Å²) < 4.78 is 23.1. The molecule has 2 N–H and O–H groups in total. The third-order valence-corrected chi connectivity index (χ3v) is 6.97. The summed E-state index contributed by atoms with van der Waals surface area (Å²) in [7, 11) is -3.48. The van der Waals surface area contributed by atoms with Crippen molar-refractivity contribution in [1.82, 2.24) is 5.32 Å². The Morgan fingerprint density at radius 2 is 1.87 bits per heavy atom. The predicted octanol–water partition coefficient (Wildman–Crippen LogP) is 1.70. The molecular formula is C16H24N2O3S2. The highest BCUT2D eigenvalue weighted by atomic mass is 32.2. The monoisotopic (exact) mass is 356 g/mol. The topological polar surface area (TPSA) is 75.3 Å². The highest BCUT2D eigenvalue weighted by molar-refractivity contribution is 7.98. The number of hydrogen-bond donors (Lipinski definition) is 2. The van der Waals surface area contributed by atoms with E-state index < -0.39 is 20.5 Å². The molecular weight excluding hydrogens is 332 g/mol. The van der Waals surface area contributed by atoms with E-state index in [0.717, 1.165) is 18.4 Å². The first kappa shape index (κ1) is 18.3. The zero-order valence-electron chi connectivity index (χ0n) is 13.6. The van der Waals surface area contributed by atoms with E-state index in [-0.39, 0.29) is 0 Å².